The van der Waals surface area contributed by atoms with E-state index in [2.05, 4.69) is 4.84 Å². The molecule has 12 nitrogen and oxygen atoms in total. The van der Waals surface area contributed by atoms with Crippen LogP contribution >= 0.6 is 0 Å². The normalized spacial score (nSPS) is 12.6. The smallest absolute Gasteiger partial charge is 0.344 e. The number of benzene rings is 2. The highest BCUT2D eigenvalue weighted by Crippen LogP contribution is 2.29. The molecular formula is C26H29NO11S. The number of ether oxygens (including phenoxy) is 2. The van der Waals surface area contributed by atoms with Crippen LogP contribution in [0, 0.1) is 10.1 Å². The molecule has 0 spiro atoms. The van der Waals surface area contributed by atoms with E-state index in [9.17, 15) is 38.0 Å². The Balaban J connectivity index is 2.40. The van der Waals surface area contributed by atoms with Crippen LogP contribution in [0.4, 0.5) is 0 Å². The van der Waals surface area contributed by atoms with Gasteiger partial charge in [-0.15, -0.1) is 10.1 Å². The molecule has 2 aromatic rings. The van der Waals surface area contributed by atoms with Crippen LogP contribution < -0.4 is 0 Å². The second-order valence-corrected chi connectivity index (χ2v) is 10.4. The highest BCUT2D eigenvalue weighted by atomic mass is 32.2. The van der Waals surface area contributed by atoms with Crippen molar-refractivity contribution in [1.29, 1.82) is 0 Å². The molecular weight excluding hydrogens is 534 g/mol. The van der Waals surface area contributed by atoms with E-state index in [0.29, 0.717) is 30.4 Å². The Morgan fingerprint density at radius 3 is 2.18 bits per heavy atom. The van der Waals surface area contributed by atoms with Crippen LogP contribution in [-0.4, -0.2) is 62.1 Å². The van der Waals surface area contributed by atoms with E-state index in [4.69, 9.17) is 9.47 Å². The Labute approximate surface area is 225 Å². The molecule has 0 fully saturated rings. The third-order valence-electron chi connectivity index (χ3n) is 5.43. The van der Waals surface area contributed by atoms with Gasteiger partial charge in [0.15, 0.2) is 15.9 Å². The van der Waals surface area contributed by atoms with Crippen molar-refractivity contribution < 1.29 is 47.3 Å². The number of hydrogen-bond acceptors (Lipinski definition) is 10. The molecule has 1 N–H and O–H groups in total. The summed E-state index contributed by atoms with van der Waals surface area (Å²) < 4.78 is 34.4. The van der Waals surface area contributed by atoms with Crippen molar-refractivity contribution in [3.05, 3.63) is 75.8 Å². The molecule has 0 aliphatic carbocycles. The predicted molar refractivity (Wildman–Crippen MR) is 138 cm³/mol. The molecule has 0 aliphatic heterocycles. The fourth-order valence-corrected chi connectivity index (χ4v) is 4.04. The van der Waals surface area contributed by atoms with Crippen LogP contribution in [0.5, 0.6) is 0 Å². The summed E-state index contributed by atoms with van der Waals surface area (Å²) in [6.07, 6.45) is 0.813. The van der Waals surface area contributed by atoms with Crippen molar-refractivity contribution in [1.82, 2.24) is 0 Å². The number of esters is 2. The van der Waals surface area contributed by atoms with Gasteiger partial charge < -0.3 is 19.4 Å². The molecule has 0 amide bonds. The minimum atomic E-state index is -3.51. The topological polar surface area (TPSA) is 176 Å². The number of unbranched alkanes of at least 4 members (excludes halogenated alkanes) is 2. The van der Waals surface area contributed by atoms with Crippen molar-refractivity contribution in [2.45, 2.75) is 43.6 Å². The monoisotopic (exact) mass is 563 g/mol. The summed E-state index contributed by atoms with van der Waals surface area (Å²) in [6.45, 7) is 0.706. The fraction of sp³-hybridized carbons (Fsp3) is 0.346. The first-order valence-corrected chi connectivity index (χ1v) is 13.7. The van der Waals surface area contributed by atoms with Gasteiger partial charge >= 0.3 is 17.9 Å². The van der Waals surface area contributed by atoms with Gasteiger partial charge in [-0.3, -0.25) is 4.79 Å². The Kier molecular flexibility index (Phi) is 11.6. The van der Waals surface area contributed by atoms with Crippen LogP contribution in [0.3, 0.4) is 0 Å². The first-order chi connectivity index (χ1) is 18.4. The van der Waals surface area contributed by atoms with Crippen LogP contribution in [-0.2, 0) is 38.5 Å². The molecule has 0 radical (unpaired) electrons. The molecule has 2 rings (SSSR count). The average molecular weight is 564 g/mol. The van der Waals surface area contributed by atoms with Gasteiger partial charge in [0.25, 0.3) is 5.09 Å². The Hall–Kier alpha value is -4.26. The number of sulfone groups is 1. The zero-order valence-electron chi connectivity index (χ0n) is 21.4. The first-order valence-electron chi connectivity index (χ1n) is 11.9. The second kappa shape index (κ2) is 14.6. The number of carboxylic acid groups (broad SMARTS) is 1. The lowest BCUT2D eigenvalue weighted by Gasteiger charge is -2.18. The van der Waals surface area contributed by atoms with Gasteiger partial charge in [-0.2, -0.15) is 0 Å². The van der Waals surface area contributed by atoms with Gasteiger partial charge in [0.2, 0.25) is 0 Å². The van der Waals surface area contributed by atoms with Crippen molar-refractivity contribution in [2.24, 2.45) is 0 Å². The van der Waals surface area contributed by atoms with Crippen molar-refractivity contribution in [3.63, 3.8) is 0 Å². The zero-order valence-corrected chi connectivity index (χ0v) is 22.2. The number of hydrogen-bond donors (Lipinski definition) is 1. The van der Waals surface area contributed by atoms with Crippen molar-refractivity contribution in [3.8, 4) is 0 Å². The minimum absolute atomic E-state index is 0.0000739. The average Bonchev–Trinajstić information content (AvgIpc) is 2.88. The lowest BCUT2D eigenvalue weighted by atomic mass is 9.95. The maximum atomic E-state index is 13.2. The van der Waals surface area contributed by atoms with E-state index >= 15 is 0 Å². The fourth-order valence-electron chi connectivity index (χ4n) is 3.41. The number of carboxylic acids is 1. The van der Waals surface area contributed by atoms with E-state index < -0.39 is 45.5 Å². The largest absolute Gasteiger partial charge is 0.479 e. The number of rotatable bonds is 15. The predicted octanol–water partition coefficient (Wildman–Crippen LogP) is 3.33. The van der Waals surface area contributed by atoms with Gasteiger partial charge in [-0.25, -0.2) is 18.0 Å². The molecule has 0 saturated heterocycles. The number of carbonyl (C=O) groups excluding carboxylic acids is 2. The lowest BCUT2D eigenvalue weighted by molar-refractivity contribution is -0.757. The molecule has 2 aromatic carbocycles. The van der Waals surface area contributed by atoms with E-state index in [0.717, 1.165) is 6.26 Å². The summed E-state index contributed by atoms with van der Waals surface area (Å²) >= 11 is 0. The molecule has 1 atom stereocenters. The van der Waals surface area contributed by atoms with Gasteiger partial charge in [0, 0.05) is 18.2 Å². The summed E-state index contributed by atoms with van der Waals surface area (Å²) in [7, 11) is -3.51. The van der Waals surface area contributed by atoms with E-state index in [-0.39, 0.29) is 29.1 Å². The third kappa shape index (κ3) is 10.2. The molecule has 0 unspecified atom stereocenters. The van der Waals surface area contributed by atoms with Crippen LogP contribution in [0.25, 0.3) is 11.1 Å². The van der Waals surface area contributed by atoms with Crippen LogP contribution in [0.2, 0.25) is 0 Å². The summed E-state index contributed by atoms with van der Waals surface area (Å²) in [6, 6.07) is 13.8. The molecule has 0 bridgehead atoms. The van der Waals surface area contributed by atoms with E-state index in [1.165, 1.54) is 31.2 Å². The number of nitrogens with zero attached hydrogens (tertiary/aromatic N) is 1. The molecule has 13 heteroatoms. The highest BCUT2D eigenvalue weighted by molar-refractivity contribution is 7.90. The van der Waals surface area contributed by atoms with Crippen LogP contribution in [0.15, 0.2) is 59.5 Å². The lowest BCUT2D eigenvalue weighted by Crippen LogP contribution is -2.25. The SMILES string of the molecule is C[C@H](OC(=O)/C(=C(\COC(=O)CCCCCO[N+](=O)[O-])c1ccc(S(C)(=O)=O)cc1)c1ccccc1)C(=O)O. The van der Waals surface area contributed by atoms with Gasteiger partial charge in [0.05, 0.1) is 17.1 Å². The van der Waals surface area contributed by atoms with E-state index in [1.54, 1.807) is 30.3 Å². The standard InChI is InChI=1S/C26H29NO11S/c1-18(25(29)30)38-26(31)24(20-9-5-3-6-10-20)22(19-12-14-21(15-13-19)39(2,34)35)17-36-23(28)11-7-4-8-16-37-27(32)33/h3,5-6,9-10,12-15,18H,4,7-8,11,16-17H2,1-2H3,(H,29,30)/b24-22+/t18-/m0/s1. The maximum absolute atomic E-state index is 13.2. The second-order valence-electron chi connectivity index (χ2n) is 8.43. The Bertz CT molecular complexity index is 1300. The first kappa shape index (κ1) is 31.0. The maximum Gasteiger partial charge on any atom is 0.344 e. The Morgan fingerprint density at radius 1 is 0.974 bits per heavy atom. The van der Waals surface area contributed by atoms with E-state index in [1.807, 2.05) is 0 Å². The highest BCUT2D eigenvalue weighted by Gasteiger charge is 2.25. The summed E-state index contributed by atoms with van der Waals surface area (Å²) in [4.78, 5) is 51.4. The van der Waals surface area contributed by atoms with Crippen molar-refractivity contribution in [2.75, 3.05) is 19.5 Å². The third-order valence-corrected chi connectivity index (χ3v) is 6.56. The van der Waals surface area contributed by atoms with Gasteiger partial charge in [-0.1, -0.05) is 48.9 Å². The minimum Gasteiger partial charge on any atom is -0.479 e. The molecule has 210 valence electrons. The molecule has 39 heavy (non-hydrogen) atoms. The number of aliphatic carboxylic acids is 1. The molecule has 0 saturated carbocycles. The van der Waals surface area contributed by atoms with Gasteiger partial charge in [-0.05, 0) is 43.0 Å². The summed E-state index contributed by atoms with van der Waals surface area (Å²) in [5.41, 5.74) is 0.840. The van der Waals surface area contributed by atoms with Crippen LogP contribution in [0.1, 0.15) is 43.7 Å². The summed E-state index contributed by atoms with van der Waals surface area (Å²) in [5.74, 6) is -2.93. The summed E-state index contributed by atoms with van der Waals surface area (Å²) in [5, 5.41) is 18.5. The molecule has 0 aromatic heterocycles. The van der Waals surface area contributed by atoms with Gasteiger partial charge in [0.1, 0.15) is 6.61 Å². The Morgan fingerprint density at radius 2 is 1.62 bits per heavy atom. The molecule has 0 aliphatic rings. The van der Waals surface area contributed by atoms with Crippen molar-refractivity contribution >= 4 is 38.9 Å². The number of carbonyl (C=O) groups is 3. The molecule has 0 heterocycles. The zero-order chi connectivity index (χ0) is 29.0. The quantitative estimate of drug-likeness (QED) is 0.0839.